The summed E-state index contributed by atoms with van der Waals surface area (Å²) in [6, 6.07) is 9.09. The van der Waals surface area contributed by atoms with Crippen LogP contribution in [0.3, 0.4) is 0 Å². The summed E-state index contributed by atoms with van der Waals surface area (Å²) in [5.41, 5.74) is 6.61. The summed E-state index contributed by atoms with van der Waals surface area (Å²) in [5.74, 6) is 1.88. The van der Waals surface area contributed by atoms with Crippen molar-refractivity contribution in [2.45, 2.75) is 13.3 Å². The van der Waals surface area contributed by atoms with Crippen molar-refractivity contribution in [3.05, 3.63) is 41.2 Å². The van der Waals surface area contributed by atoms with Crippen LogP contribution < -0.4 is 11.1 Å². The Morgan fingerprint density at radius 3 is 2.59 bits per heavy atom. The Hall–Kier alpha value is -1.81. The van der Waals surface area contributed by atoms with Crippen LogP contribution in [-0.4, -0.2) is 9.97 Å². The van der Waals surface area contributed by atoms with Gasteiger partial charge in [-0.1, -0.05) is 18.5 Å². The molecule has 0 amide bonds. The van der Waals surface area contributed by atoms with E-state index in [1.165, 1.54) is 0 Å². The zero-order valence-electron chi connectivity index (χ0n) is 9.44. The van der Waals surface area contributed by atoms with Gasteiger partial charge in [0, 0.05) is 23.2 Å². The zero-order valence-corrected chi connectivity index (χ0v) is 10.2. The first-order valence-electron chi connectivity index (χ1n) is 5.33. The number of halogens is 1. The molecule has 0 unspecified atom stereocenters. The fourth-order valence-corrected chi connectivity index (χ4v) is 1.55. The third-order valence-corrected chi connectivity index (χ3v) is 2.48. The first kappa shape index (κ1) is 11.7. The number of rotatable bonds is 3. The Bertz CT molecular complexity index is 510. The summed E-state index contributed by atoms with van der Waals surface area (Å²) < 4.78 is 0. The molecule has 0 radical (unpaired) electrons. The minimum Gasteiger partial charge on any atom is -0.384 e. The second kappa shape index (κ2) is 5.01. The van der Waals surface area contributed by atoms with E-state index in [0.717, 1.165) is 17.9 Å². The van der Waals surface area contributed by atoms with Gasteiger partial charge >= 0.3 is 0 Å². The van der Waals surface area contributed by atoms with Gasteiger partial charge in [0.15, 0.2) is 0 Å². The molecule has 0 saturated heterocycles. The number of hydrogen-bond acceptors (Lipinski definition) is 4. The number of aromatic nitrogens is 2. The Balaban J connectivity index is 2.23. The highest BCUT2D eigenvalue weighted by molar-refractivity contribution is 6.30. The topological polar surface area (TPSA) is 63.8 Å². The van der Waals surface area contributed by atoms with E-state index >= 15 is 0 Å². The number of nitrogens with one attached hydrogen (secondary N) is 1. The van der Waals surface area contributed by atoms with Gasteiger partial charge in [0.05, 0.1) is 0 Å². The van der Waals surface area contributed by atoms with Crippen molar-refractivity contribution in [2.24, 2.45) is 0 Å². The molecular weight excluding hydrogens is 236 g/mol. The fraction of sp³-hybridized carbons (Fsp3) is 0.167. The predicted molar refractivity (Wildman–Crippen MR) is 70.6 cm³/mol. The van der Waals surface area contributed by atoms with Gasteiger partial charge in [-0.15, -0.1) is 0 Å². The van der Waals surface area contributed by atoms with Gasteiger partial charge < -0.3 is 11.1 Å². The van der Waals surface area contributed by atoms with Gasteiger partial charge in [0.1, 0.15) is 17.5 Å². The van der Waals surface area contributed by atoms with E-state index in [1.807, 2.05) is 31.2 Å². The fourth-order valence-electron chi connectivity index (χ4n) is 1.42. The van der Waals surface area contributed by atoms with Gasteiger partial charge in [-0.25, -0.2) is 9.97 Å². The molecule has 0 atom stereocenters. The van der Waals surface area contributed by atoms with Gasteiger partial charge in [-0.3, -0.25) is 0 Å². The van der Waals surface area contributed by atoms with Crippen LogP contribution >= 0.6 is 11.6 Å². The first-order valence-corrected chi connectivity index (χ1v) is 5.71. The van der Waals surface area contributed by atoms with Crippen molar-refractivity contribution >= 4 is 28.9 Å². The van der Waals surface area contributed by atoms with Crippen LogP contribution in [0.2, 0.25) is 5.02 Å². The second-order valence-corrected chi connectivity index (χ2v) is 4.02. The molecule has 1 aromatic carbocycles. The summed E-state index contributed by atoms with van der Waals surface area (Å²) in [4.78, 5) is 8.45. The van der Waals surface area contributed by atoms with Crippen LogP contribution in [0.4, 0.5) is 17.3 Å². The van der Waals surface area contributed by atoms with Crippen LogP contribution in [0.1, 0.15) is 12.7 Å². The lowest BCUT2D eigenvalue weighted by atomic mass is 10.3. The number of nitrogens with zero attached hydrogens (tertiary/aromatic N) is 2. The van der Waals surface area contributed by atoms with E-state index in [4.69, 9.17) is 17.3 Å². The van der Waals surface area contributed by atoms with Gasteiger partial charge in [-0.2, -0.15) is 0 Å². The molecule has 0 bridgehead atoms. The van der Waals surface area contributed by atoms with Crippen molar-refractivity contribution in [3.8, 4) is 0 Å². The minimum absolute atomic E-state index is 0.466. The number of aryl methyl sites for hydroxylation is 1. The predicted octanol–water partition coefficient (Wildman–Crippen LogP) is 3.02. The van der Waals surface area contributed by atoms with E-state index in [-0.39, 0.29) is 0 Å². The number of nitrogen functional groups attached to an aromatic ring is 1. The molecule has 4 nitrogen and oxygen atoms in total. The van der Waals surface area contributed by atoms with E-state index in [2.05, 4.69) is 15.3 Å². The molecule has 1 heterocycles. The molecule has 2 aromatic rings. The molecule has 0 aliphatic rings. The summed E-state index contributed by atoms with van der Waals surface area (Å²) in [7, 11) is 0. The smallest absolute Gasteiger partial charge is 0.136 e. The molecule has 88 valence electrons. The van der Waals surface area contributed by atoms with E-state index < -0.39 is 0 Å². The molecule has 1 aromatic heterocycles. The van der Waals surface area contributed by atoms with Crippen LogP contribution in [0, 0.1) is 0 Å². The molecular formula is C12H13ClN4. The zero-order chi connectivity index (χ0) is 12.3. The lowest BCUT2D eigenvalue weighted by Crippen LogP contribution is -2.02. The van der Waals surface area contributed by atoms with Gasteiger partial charge in [0.25, 0.3) is 0 Å². The van der Waals surface area contributed by atoms with Crippen LogP contribution in [0.15, 0.2) is 30.3 Å². The monoisotopic (exact) mass is 248 g/mol. The molecule has 0 aliphatic heterocycles. The summed E-state index contributed by atoms with van der Waals surface area (Å²) >= 11 is 5.81. The average molecular weight is 249 g/mol. The Kier molecular flexibility index (Phi) is 3.44. The van der Waals surface area contributed by atoms with E-state index in [9.17, 15) is 0 Å². The molecule has 5 heteroatoms. The first-order chi connectivity index (χ1) is 8.17. The minimum atomic E-state index is 0.466. The second-order valence-electron chi connectivity index (χ2n) is 3.58. The third-order valence-electron chi connectivity index (χ3n) is 2.23. The molecule has 0 spiro atoms. The number of benzene rings is 1. The Morgan fingerprint density at radius 1 is 1.24 bits per heavy atom. The van der Waals surface area contributed by atoms with Crippen molar-refractivity contribution in [1.82, 2.24) is 9.97 Å². The summed E-state index contributed by atoms with van der Waals surface area (Å²) in [5, 5.41) is 3.86. The molecule has 2 rings (SSSR count). The number of anilines is 3. The highest BCUT2D eigenvalue weighted by atomic mass is 35.5. The van der Waals surface area contributed by atoms with Gasteiger partial charge in [-0.05, 0) is 24.3 Å². The van der Waals surface area contributed by atoms with Crippen molar-refractivity contribution in [2.75, 3.05) is 11.1 Å². The van der Waals surface area contributed by atoms with Crippen LogP contribution in [0.5, 0.6) is 0 Å². The lowest BCUT2D eigenvalue weighted by molar-refractivity contribution is 0.948. The maximum Gasteiger partial charge on any atom is 0.136 e. The van der Waals surface area contributed by atoms with E-state index in [1.54, 1.807) is 6.07 Å². The highest BCUT2D eigenvalue weighted by Gasteiger charge is 2.01. The standard InChI is InChI=1S/C12H13ClN4/c1-2-11-16-10(14)7-12(17-11)15-9-5-3-8(13)4-6-9/h3-7H,2H2,1H3,(H3,14,15,16,17). The molecule has 0 saturated carbocycles. The maximum absolute atomic E-state index is 5.81. The van der Waals surface area contributed by atoms with Gasteiger partial charge in [0.2, 0.25) is 0 Å². The van der Waals surface area contributed by atoms with Crippen molar-refractivity contribution < 1.29 is 0 Å². The Labute approximate surface area is 105 Å². The van der Waals surface area contributed by atoms with Crippen LogP contribution in [-0.2, 0) is 6.42 Å². The largest absolute Gasteiger partial charge is 0.384 e. The van der Waals surface area contributed by atoms with Crippen LogP contribution in [0.25, 0.3) is 0 Å². The van der Waals surface area contributed by atoms with Crippen molar-refractivity contribution in [3.63, 3.8) is 0 Å². The third kappa shape index (κ3) is 3.07. The lowest BCUT2D eigenvalue weighted by Gasteiger charge is -2.07. The average Bonchev–Trinajstić information content (AvgIpc) is 2.31. The maximum atomic E-state index is 5.81. The SMILES string of the molecule is CCc1nc(N)cc(Nc2ccc(Cl)cc2)n1. The quantitative estimate of drug-likeness (QED) is 0.876. The molecule has 3 N–H and O–H groups in total. The number of hydrogen-bond donors (Lipinski definition) is 2. The Morgan fingerprint density at radius 2 is 1.94 bits per heavy atom. The van der Waals surface area contributed by atoms with Crippen molar-refractivity contribution in [1.29, 1.82) is 0 Å². The number of nitrogens with two attached hydrogens (primary N) is 1. The normalized spacial score (nSPS) is 10.2. The molecule has 0 aliphatic carbocycles. The van der Waals surface area contributed by atoms with E-state index in [0.29, 0.717) is 16.7 Å². The summed E-state index contributed by atoms with van der Waals surface area (Å²) in [6.45, 7) is 1.99. The molecule has 17 heavy (non-hydrogen) atoms. The molecule has 0 fully saturated rings. The highest BCUT2D eigenvalue weighted by Crippen LogP contribution is 2.18. The summed E-state index contributed by atoms with van der Waals surface area (Å²) in [6.07, 6.45) is 0.750.